The van der Waals surface area contributed by atoms with Gasteiger partial charge in [-0.25, -0.2) is 0 Å². The van der Waals surface area contributed by atoms with E-state index in [9.17, 15) is 5.11 Å². The Hall–Kier alpha value is -1.29. The van der Waals surface area contributed by atoms with Crippen molar-refractivity contribution in [3.8, 4) is 0 Å². The molecule has 96 valence electrons. The Balaban J connectivity index is 2.04. The summed E-state index contributed by atoms with van der Waals surface area (Å²) in [6, 6.07) is 14.7. The van der Waals surface area contributed by atoms with Gasteiger partial charge in [0, 0.05) is 14.9 Å². The lowest BCUT2D eigenvalue weighted by molar-refractivity contribution is 0.192. The molecule has 0 bridgehead atoms. The van der Waals surface area contributed by atoms with Gasteiger partial charge >= 0.3 is 0 Å². The Bertz CT molecular complexity index is 736. The molecule has 0 saturated carbocycles. The molecule has 0 spiro atoms. The topological polar surface area (TPSA) is 33.4 Å². The fourth-order valence-corrected chi connectivity index (χ4v) is 2.61. The van der Waals surface area contributed by atoms with Gasteiger partial charge in [0.05, 0.1) is 0 Å². The Morgan fingerprint density at radius 2 is 1.95 bits per heavy atom. The molecule has 1 N–H and O–H groups in total. The normalized spacial score (nSPS) is 12.8. The van der Waals surface area contributed by atoms with E-state index < -0.39 is 6.10 Å². The van der Waals surface area contributed by atoms with Gasteiger partial charge in [-0.3, -0.25) is 0 Å². The van der Waals surface area contributed by atoms with Gasteiger partial charge in [0.25, 0.3) is 0 Å². The van der Waals surface area contributed by atoms with Gasteiger partial charge in [-0.05, 0) is 42.0 Å². The van der Waals surface area contributed by atoms with E-state index in [0.717, 1.165) is 15.4 Å². The second-order valence-corrected chi connectivity index (χ2v) is 5.64. The first-order chi connectivity index (χ1) is 9.13. The summed E-state index contributed by atoms with van der Waals surface area (Å²) < 4.78 is 6.57. The van der Waals surface area contributed by atoms with E-state index in [4.69, 9.17) is 16.0 Å². The number of aliphatic hydroxyl groups excluding tert-OH is 1. The smallest absolute Gasteiger partial charge is 0.138 e. The van der Waals surface area contributed by atoms with Crippen LogP contribution in [0.25, 0.3) is 11.0 Å². The third-order valence-electron chi connectivity index (χ3n) is 2.93. The van der Waals surface area contributed by atoms with Crippen molar-refractivity contribution < 1.29 is 9.52 Å². The lowest BCUT2D eigenvalue weighted by Crippen LogP contribution is -1.97. The Morgan fingerprint density at radius 3 is 2.74 bits per heavy atom. The zero-order valence-electron chi connectivity index (χ0n) is 9.81. The number of aliphatic hydroxyl groups is 1. The summed E-state index contributed by atoms with van der Waals surface area (Å²) in [6.45, 7) is 0. The molecule has 2 aromatic carbocycles. The molecule has 19 heavy (non-hydrogen) atoms. The third-order valence-corrected chi connectivity index (χ3v) is 3.66. The van der Waals surface area contributed by atoms with Gasteiger partial charge in [0.2, 0.25) is 0 Å². The van der Waals surface area contributed by atoms with Gasteiger partial charge in [-0.1, -0.05) is 39.7 Å². The summed E-state index contributed by atoms with van der Waals surface area (Å²) in [5.74, 6) is 0.510. The molecule has 0 aliphatic rings. The average molecular weight is 338 g/mol. The van der Waals surface area contributed by atoms with Crippen LogP contribution >= 0.6 is 27.5 Å². The third kappa shape index (κ3) is 2.54. The van der Waals surface area contributed by atoms with Gasteiger partial charge < -0.3 is 9.52 Å². The lowest BCUT2D eigenvalue weighted by Gasteiger charge is -2.07. The maximum atomic E-state index is 10.3. The molecule has 0 aliphatic heterocycles. The van der Waals surface area contributed by atoms with Crippen LogP contribution in [0.3, 0.4) is 0 Å². The molecule has 1 aromatic heterocycles. The summed E-state index contributed by atoms with van der Waals surface area (Å²) in [6.07, 6.45) is -0.788. The van der Waals surface area contributed by atoms with Crippen LogP contribution in [0, 0.1) is 0 Å². The summed E-state index contributed by atoms with van der Waals surface area (Å²) in [5.41, 5.74) is 1.49. The van der Waals surface area contributed by atoms with Crippen molar-refractivity contribution in [1.82, 2.24) is 0 Å². The molecule has 4 heteroatoms. The zero-order chi connectivity index (χ0) is 13.4. The highest BCUT2D eigenvalue weighted by molar-refractivity contribution is 9.10. The molecule has 1 unspecified atom stereocenters. The molecule has 0 radical (unpaired) electrons. The maximum Gasteiger partial charge on any atom is 0.138 e. The molecule has 1 atom stereocenters. The van der Waals surface area contributed by atoms with Gasteiger partial charge in [-0.15, -0.1) is 0 Å². The van der Waals surface area contributed by atoms with Crippen molar-refractivity contribution in [3.63, 3.8) is 0 Å². The molecule has 3 aromatic rings. The number of hydrogen-bond acceptors (Lipinski definition) is 2. The zero-order valence-corrected chi connectivity index (χ0v) is 12.1. The molecule has 3 rings (SSSR count). The molecule has 0 saturated heterocycles. The Morgan fingerprint density at radius 1 is 1.11 bits per heavy atom. The van der Waals surface area contributed by atoms with Gasteiger partial charge in [0.1, 0.15) is 17.4 Å². The summed E-state index contributed by atoms with van der Waals surface area (Å²) in [4.78, 5) is 0. The van der Waals surface area contributed by atoms with Crippen LogP contribution in [-0.4, -0.2) is 5.11 Å². The fourth-order valence-electron chi connectivity index (χ4n) is 2.01. The second kappa shape index (κ2) is 5.00. The largest absolute Gasteiger partial charge is 0.458 e. The SMILES string of the molecule is OC(c1cccc(Br)c1)c1cc2cc(Cl)ccc2o1. The highest BCUT2D eigenvalue weighted by Crippen LogP contribution is 2.30. The molecular weight excluding hydrogens is 328 g/mol. The van der Waals surface area contributed by atoms with Gasteiger partial charge in [-0.2, -0.15) is 0 Å². The van der Waals surface area contributed by atoms with Crippen molar-refractivity contribution >= 4 is 38.5 Å². The van der Waals surface area contributed by atoms with E-state index in [1.54, 1.807) is 12.1 Å². The minimum absolute atomic E-state index is 0.510. The molecule has 0 aliphatic carbocycles. The fraction of sp³-hybridized carbons (Fsp3) is 0.0667. The van der Waals surface area contributed by atoms with Crippen LogP contribution in [-0.2, 0) is 0 Å². The predicted molar refractivity (Wildman–Crippen MR) is 79.4 cm³/mol. The van der Waals surface area contributed by atoms with E-state index in [2.05, 4.69) is 15.9 Å². The number of benzene rings is 2. The Labute approximate surface area is 123 Å². The summed E-state index contributed by atoms with van der Waals surface area (Å²) in [7, 11) is 0. The van der Waals surface area contributed by atoms with E-state index in [-0.39, 0.29) is 0 Å². The monoisotopic (exact) mass is 336 g/mol. The minimum atomic E-state index is -0.788. The molecule has 1 heterocycles. The number of furan rings is 1. The van der Waals surface area contributed by atoms with Crippen LogP contribution < -0.4 is 0 Å². The van der Waals surface area contributed by atoms with Crippen molar-refractivity contribution in [1.29, 1.82) is 0 Å². The molecular formula is C15H10BrClO2. The quantitative estimate of drug-likeness (QED) is 0.719. The maximum absolute atomic E-state index is 10.3. The van der Waals surface area contributed by atoms with Crippen LogP contribution in [0.5, 0.6) is 0 Å². The highest BCUT2D eigenvalue weighted by Gasteiger charge is 2.15. The van der Waals surface area contributed by atoms with E-state index in [1.807, 2.05) is 36.4 Å². The van der Waals surface area contributed by atoms with E-state index in [0.29, 0.717) is 16.4 Å². The van der Waals surface area contributed by atoms with Crippen molar-refractivity contribution in [2.45, 2.75) is 6.10 Å². The first-order valence-electron chi connectivity index (χ1n) is 5.76. The van der Waals surface area contributed by atoms with Crippen LogP contribution in [0.1, 0.15) is 17.4 Å². The average Bonchev–Trinajstić information content (AvgIpc) is 2.80. The molecule has 0 fully saturated rings. The second-order valence-electron chi connectivity index (χ2n) is 4.29. The van der Waals surface area contributed by atoms with Crippen molar-refractivity contribution in [3.05, 3.63) is 69.3 Å². The van der Waals surface area contributed by atoms with Crippen LogP contribution in [0.15, 0.2) is 57.4 Å². The first-order valence-corrected chi connectivity index (χ1v) is 6.93. The number of rotatable bonds is 2. The predicted octanol–water partition coefficient (Wildman–Crippen LogP) is 4.93. The highest BCUT2D eigenvalue weighted by atomic mass is 79.9. The number of hydrogen-bond donors (Lipinski definition) is 1. The number of fused-ring (bicyclic) bond motifs is 1. The van der Waals surface area contributed by atoms with E-state index in [1.165, 1.54) is 0 Å². The van der Waals surface area contributed by atoms with Crippen molar-refractivity contribution in [2.24, 2.45) is 0 Å². The molecule has 2 nitrogen and oxygen atoms in total. The van der Waals surface area contributed by atoms with Crippen LogP contribution in [0.2, 0.25) is 5.02 Å². The summed E-state index contributed by atoms with van der Waals surface area (Å²) in [5, 5.41) is 11.9. The standard InChI is InChI=1S/C15H10BrClO2/c16-11-3-1-2-9(6-11)15(18)14-8-10-7-12(17)4-5-13(10)19-14/h1-8,15,18H. The summed E-state index contributed by atoms with van der Waals surface area (Å²) >= 11 is 9.32. The van der Waals surface area contributed by atoms with Crippen molar-refractivity contribution in [2.75, 3.05) is 0 Å². The van der Waals surface area contributed by atoms with E-state index >= 15 is 0 Å². The van der Waals surface area contributed by atoms with Gasteiger partial charge in [0.15, 0.2) is 0 Å². The lowest BCUT2D eigenvalue weighted by atomic mass is 10.1. The minimum Gasteiger partial charge on any atom is -0.458 e. The first kappa shape index (κ1) is 12.7. The van der Waals surface area contributed by atoms with Crippen LogP contribution in [0.4, 0.5) is 0 Å². The molecule has 0 amide bonds. The Kier molecular flexibility index (Phi) is 3.35. The number of halogens is 2.